The lowest BCUT2D eigenvalue weighted by Gasteiger charge is -2.02. The van der Waals surface area contributed by atoms with E-state index in [2.05, 4.69) is 29.7 Å². The Bertz CT molecular complexity index is 284. The van der Waals surface area contributed by atoms with E-state index in [0.717, 1.165) is 44.0 Å². The summed E-state index contributed by atoms with van der Waals surface area (Å²) >= 11 is 5.78. The zero-order valence-corrected chi connectivity index (χ0v) is 13.0. The first-order chi connectivity index (χ1) is 9.24. The summed E-state index contributed by atoms with van der Waals surface area (Å²) in [5, 5.41) is 7.16. The van der Waals surface area contributed by atoms with E-state index in [1.165, 1.54) is 12.0 Å². The lowest BCUT2D eigenvalue weighted by molar-refractivity contribution is 0.671. The third kappa shape index (κ3) is 12.2. The summed E-state index contributed by atoms with van der Waals surface area (Å²) in [6.45, 7) is 6.16. The monoisotopic (exact) mass is 285 g/mol. The standard InChI is InChI=1S/C11H16ClN.C4H12N2/c1-2-8-13-9-7-10-3-5-11(12)6-4-10;1-6-4-2-3-5/h3-6,13H,2,7-9H2,1H3;6H,2-5H2,1H3. The summed E-state index contributed by atoms with van der Waals surface area (Å²) in [4.78, 5) is 0. The normalized spacial score (nSPS) is 9.89. The molecule has 0 aliphatic rings. The first kappa shape index (κ1) is 18.4. The second-order valence-electron chi connectivity index (χ2n) is 4.37. The van der Waals surface area contributed by atoms with E-state index in [1.807, 2.05) is 19.2 Å². The predicted octanol–water partition coefficient (Wildman–Crippen LogP) is 2.44. The van der Waals surface area contributed by atoms with Crippen molar-refractivity contribution in [1.29, 1.82) is 0 Å². The van der Waals surface area contributed by atoms with Gasteiger partial charge in [-0.1, -0.05) is 30.7 Å². The van der Waals surface area contributed by atoms with Crippen LogP contribution in [-0.2, 0) is 6.42 Å². The van der Waals surface area contributed by atoms with Gasteiger partial charge in [0.2, 0.25) is 0 Å². The molecule has 0 bridgehead atoms. The minimum atomic E-state index is 0.792. The Hall–Kier alpha value is -0.610. The highest BCUT2D eigenvalue weighted by molar-refractivity contribution is 6.30. The predicted molar refractivity (Wildman–Crippen MR) is 85.9 cm³/mol. The molecule has 1 rings (SSSR count). The van der Waals surface area contributed by atoms with Crippen molar-refractivity contribution < 1.29 is 0 Å². The molecule has 0 spiro atoms. The fraction of sp³-hybridized carbons (Fsp3) is 0.600. The second-order valence-corrected chi connectivity index (χ2v) is 4.81. The molecular weight excluding hydrogens is 258 g/mol. The van der Waals surface area contributed by atoms with Gasteiger partial charge in [-0.15, -0.1) is 0 Å². The van der Waals surface area contributed by atoms with Crippen molar-refractivity contribution in [3.63, 3.8) is 0 Å². The van der Waals surface area contributed by atoms with Crippen LogP contribution in [0.5, 0.6) is 0 Å². The van der Waals surface area contributed by atoms with Crippen molar-refractivity contribution in [3.05, 3.63) is 34.9 Å². The zero-order valence-electron chi connectivity index (χ0n) is 12.2. The van der Waals surface area contributed by atoms with Crippen LogP contribution in [0.2, 0.25) is 5.02 Å². The highest BCUT2D eigenvalue weighted by Crippen LogP contribution is 2.09. The van der Waals surface area contributed by atoms with Gasteiger partial charge in [0.15, 0.2) is 0 Å². The SMILES string of the molecule is CCCNCCc1ccc(Cl)cc1.CNCCCN. The molecule has 1 aromatic carbocycles. The van der Waals surface area contributed by atoms with Gasteiger partial charge in [0.1, 0.15) is 0 Å². The van der Waals surface area contributed by atoms with Crippen LogP contribution in [0.3, 0.4) is 0 Å². The van der Waals surface area contributed by atoms with E-state index in [-0.39, 0.29) is 0 Å². The Morgan fingerprint density at radius 3 is 2.26 bits per heavy atom. The average Bonchev–Trinajstić information content (AvgIpc) is 2.44. The van der Waals surface area contributed by atoms with E-state index < -0.39 is 0 Å². The first-order valence-electron chi connectivity index (χ1n) is 7.04. The molecule has 0 radical (unpaired) electrons. The average molecular weight is 286 g/mol. The van der Waals surface area contributed by atoms with Gasteiger partial charge in [0, 0.05) is 5.02 Å². The molecule has 4 heteroatoms. The fourth-order valence-corrected chi connectivity index (χ4v) is 1.59. The Labute approximate surface area is 122 Å². The van der Waals surface area contributed by atoms with Crippen molar-refractivity contribution in [3.8, 4) is 0 Å². The second kappa shape index (κ2) is 13.8. The smallest absolute Gasteiger partial charge is 0.0406 e. The van der Waals surface area contributed by atoms with Crippen LogP contribution in [0, 0.1) is 0 Å². The molecule has 4 N–H and O–H groups in total. The molecule has 0 aliphatic heterocycles. The maximum Gasteiger partial charge on any atom is 0.0406 e. The molecule has 0 heterocycles. The van der Waals surface area contributed by atoms with Gasteiger partial charge < -0.3 is 16.4 Å². The zero-order chi connectivity index (χ0) is 14.3. The molecule has 1 aromatic rings. The highest BCUT2D eigenvalue weighted by atomic mass is 35.5. The molecule has 0 atom stereocenters. The van der Waals surface area contributed by atoms with Crippen LogP contribution in [0.25, 0.3) is 0 Å². The summed E-state index contributed by atoms with van der Waals surface area (Å²) < 4.78 is 0. The maximum absolute atomic E-state index is 5.78. The minimum Gasteiger partial charge on any atom is -0.330 e. The lowest BCUT2D eigenvalue weighted by atomic mass is 10.1. The Morgan fingerprint density at radius 1 is 1.11 bits per heavy atom. The van der Waals surface area contributed by atoms with E-state index in [9.17, 15) is 0 Å². The van der Waals surface area contributed by atoms with Gasteiger partial charge >= 0.3 is 0 Å². The number of hydrogen-bond acceptors (Lipinski definition) is 3. The summed E-state index contributed by atoms with van der Waals surface area (Å²) in [6.07, 6.45) is 3.36. The van der Waals surface area contributed by atoms with Crippen molar-refractivity contribution >= 4 is 11.6 Å². The van der Waals surface area contributed by atoms with Crippen LogP contribution in [-0.4, -0.2) is 33.2 Å². The van der Waals surface area contributed by atoms with Gasteiger partial charge in [0.05, 0.1) is 0 Å². The molecule has 0 saturated carbocycles. The number of nitrogens with one attached hydrogen (secondary N) is 2. The topological polar surface area (TPSA) is 50.1 Å². The number of nitrogens with two attached hydrogens (primary N) is 1. The molecule has 0 amide bonds. The van der Waals surface area contributed by atoms with Crippen LogP contribution < -0.4 is 16.4 Å². The van der Waals surface area contributed by atoms with Crippen molar-refractivity contribution in [2.45, 2.75) is 26.2 Å². The number of hydrogen-bond donors (Lipinski definition) is 3. The quantitative estimate of drug-likeness (QED) is 0.643. The van der Waals surface area contributed by atoms with Crippen LogP contribution >= 0.6 is 11.6 Å². The molecule has 0 saturated heterocycles. The summed E-state index contributed by atoms with van der Waals surface area (Å²) in [5.74, 6) is 0. The van der Waals surface area contributed by atoms with Crippen molar-refractivity contribution in [1.82, 2.24) is 10.6 Å². The number of benzene rings is 1. The third-order valence-electron chi connectivity index (χ3n) is 2.56. The largest absolute Gasteiger partial charge is 0.330 e. The molecule has 19 heavy (non-hydrogen) atoms. The highest BCUT2D eigenvalue weighted by Gasteiger charge is 1.92. The Morgan fingerprint density at radius 2 is 1.79 bits per heavy atom. The van der Waals surface area contributed by atoms with Gasteiger partial charge in [-0.2, -0.15) is 0 Å². The Kier molecular flexibility index (Phi) is 13.4. The van der Waals surface area contributed by atoms with Crippen LogP contribution in [0.15, 0.2) is 24.3 Å². The Balaban J connectivity index is 0.000000459. The van der Waals surface area contributed by atoms with E-state index >= 15 is 0 Å². The molecule has 3 nitrogen and oxygen atoms in total. The molecule has 0 fully saturated rings. The summed E-state index contributed by atoms with van der Waals surface area (Å²) in [6, 6.07) is 8.04. The van der Waals surface area contributed by atoms with Gasteiger partial charge in [-0.05, 0) is 70.2 Å². The lowest BCUT2D eigenvalue weighted by Crippen LogP contribution is -2.17. The maximum atomic E-state index is 5.78. The first-order valence-corrected chi connectivity index (χ1v) is 7.42. The van der Waals surface area contributed by atoms with Gasteiger partial charge in [-0.3, -0.25) is 0 Å². The van der Waals surface area contributed by atoms with Crippen molar-refractivity contribution in [2.24, 2.45) is 5.73 Å². The number of halogens is 1. The van der Waals surface area contributed by atoms with E-state index in [4.69, 9.17) is 17.3 Å². The molecule has 0 aromatic heterocycles. The molecule has 0 unspecified atom stereocenters. The van der Waals surface area contributed by atoms with Gasteiger partial charge in [-0.25, -0.2) is 0 Å². The number of rotatable bonds is 8. The molecule has 0 aliphatic carbocycles. The summed E-state index contributed by atoms with van der Waals surface area (Å²) in [5.41, 5.74) is 6.52. The minimum absolute atomic E-state index is 0.792. The molecule has 110 valence electrons. The van der Waals surface area contributed by atoms with E-state index in [0.29, 0.717) is 0 Å². The van der Waals surface area contributed by atoms with Crippen LogP contribution in [0.1, 0.15) is 25.3 Å². The van der Waals surface area contributed by atoms with Crippen molar-refractivity contribution in [2.75, 3.05) is 33.2 Å². The summed E-state index contributed by atoms with van der Waals surface area (Å²) in [7, 11) is 1.93. The van der Waals surface area contributed by atoms with Crippen LogP contribution in [0.4, 0.5) is 0 Å². The van der Waals surface area contributed by atoms with E-state index in [1.54, 1.807) is 0 Å². The fourth-order valence-electron chi connectivity index (χ4n) is 1.46. The third-order valence-corrected chi connectivity index (χ3v) is 2.81. The van der Waals surface area contributed by atoms with Gasteiger partial charge in [0.25, 0.3) is 0 Å². The molecular formula is C15H28ClN3.